The quantitative estimate of drug-likeness (QED) is 0.146. The summed E-state index contributed by atoms with van der Waals surface area (Å²) in [6.07, 6.45) is 9.30. The number of fused-ring (bicyclic) bond motifs is 3. The van der Waals surface area contributed by atoms with Crippen LogP contribution in [0.3, 0.4) is 0 Å². The number of nitrogens with one attached hydrogen (secondary N) is 1. The highest BCUT2D eigenvalue weighted by atomic mass is 32.2. The summed E-state index contributed by atoms with van der Waals surface area (Å²) in [6, 6.07) is 17.1. The molecular weight excluding hydrogens is 504 g/mol. The SMILES string of the molecule is COc1ccc(-n2c(SCC(=O)NN=CC=Cc3ccccc3)nc3sc4c(c3c2=O)CCCC4)cc1. The molecule has 2 aromatic carbocycles. The Morgan fingerprint density at radius 2 is 1.95 bits per heavy atom. The number of ether oxygens (including phenoxy) is 1. The van der Waals surface area contributed by atoms with E-state index in [1.54, 1.807) is 29.1 Å². The summed E-state index contributed by atoms with van der Waals surface area (Å²) < 4.78 is 6.88. The summed E-state index contributed by atoms with van der Waals surface area (Å²) in [7, 11) is 1.60. The molecule has 188 valence electrons. The summed E-state index contributed by atoms with van der Waals surface area (Å²) in [4.78, 5) is 33.1. The summed E-state index contributed by atoms with van der Waals surface area (Å²) in [5.74, 6) is 0.487. The van der Waals surface area contributed by atoms with Crippen LogP contribution in [0.5, 0.6) is 5.75 Å². The normalized spacial score (nSPS) is 13.3. The second-order valence-corrected chi connectivity index (χ2v) is 10.5. The van der Waals surface area contributed by atoms with Crippen molar-refractivity contribution in [3.8, 4) is 11.4 Å². The largest absolute Gasteiger partial charge is 0.497 e. The molecule has 9 heteroatoms. The van der Waals surface area contributed by atoms with Crippen LogP contribution in [-0.2, 0) is 17.6 Å². The van der Waals surface area contributed by atoms with Crippen LogP contribution in [0.25, 0.3) is 22.0 Å². The maximum atomic E-state index is 13.8. The van der Waals surface area contributed by atoms with Gasteiger partial charge in [0.05, 0.1) is 23.9 Å². The predicted molar refractivity (Wildman–Crippen MR) is 151 cm³/mol. The van der Waals surface area contributed by atoms with Gasteiger partial charge in [-0.3, -0.25) is 14.2 Å². The van der Waals surface area contributed by atoms with Gasteiger partial charge in [-0.05, 0) is 67.2 Å². The minimum absolute atomic E-state index is 0.0684. The first-order chi connectivity index (χ1) is 18.1. The van der Waals surface area contributed by atoms with E-state index >= 15 is 0 Å². The molecule has 0 saturated heterocycles. The molecule has 0 atom stereocenters. The van der Waals surface area contributed by atoms with Gasteiger partial charge in [0.2, 0.25) is 0 Å². The van der Waals surface area contributed by atoms with Gasteiger partial charge in [-0.1, -0.05) is 48.2 Å². The fourth-order valence-electron chi connectivity index (χ4n) is 4.28. The van der Waals surface area contributed by atoms with Crippen molar-refractivity contribution in [1.82, 2.24) is 15.0 Å². The monoisotopic (exact) mass is 530 g/mol. The number of rotatable bonds is 8. The first-order valence-corrected chi connectivity index (χ1v) is 13.8. The number of aryl methyl sites for hydroxylation is 2. The van der Waals surface area contributed by atoms with Gasteiger partial charge in [-0.2, -0.15) is 5.10 Å². The van der Waals surface area contributed by atoms with Crippen LogP contribution in [0.15, 0.2) is 75.7 Å². The molecule has 0 fully saturated rings. The van der Waals surface area contributed by atoms with Crippen molar-refractivity contribution in [2.45, 2.75) is 30.8 Å². The molecule has 0 spiro atoms. The molecule has 2 heterocycles. The Bertz CT molecular complexity index is 1520. The minimum Gasteiger partial charge on any atom is -0.497 e. The smallest absolute Gasteiger partial charge is 0.267 e. The number of amides is 1. The standard InChI is InChI=1S/C28H26N4O3S2/c1-35-21-15-13-20(14-16-21)32-27(34)25-22-11-5-6-12-23(22)37-26(25)30-28(32)36-18-24(33)31-29-17-7-10-19-8-3-2-4-9-19/h2-4,7-10,13-17H,5-6,11-12,18H2,1H3,(H,31,33). The van der Waals surface area contributed by atoms with Crippen LogP contribution in [0.1, 0.15) is 28.8 Å². The first-order valence-electron chi connectivity index (χ1n) is 12.0. The lowest BCUT2D eigenvalue weighted by molar-refractivity contribution is -0.118. The van der Waals surface area contributed by atoms with E-state index in [0.29, 0.717) is 22.0 Å². The van der Waals surface area contributed by atoms with Gasteiger partial charge in [0.1, 0.15) is 10.6 Å². The zero-order valence-electron chi connectivity index (χ0n) is 20.3. The first kappa shape index (κ1) is 25.0. The molecule has 0 bridgehead atoms. The molecule has 7 nitrogen and oxygen atoms in total. The maximum Gasteiger partial charge on any atom is 0.267 e. The average molecular weight is 531 g/mol. The van der Waals surface area contributed by atoms with E-state index in [2.05, 4.69) is 10.5 Å². The summed E-state index contributed by atoms with van der Waals surface area (Å²) in [5.41, 5.74) is 5.30. The number of benzene rings is 2. The van der Waals surface area contributed by atoms with E-state index < -0.39 is 0 Å². The third kappa shape index (κ3) is 5.68. The number of aromatic nitrogens is 2. The Kier molecular flexibility index (Phi) is 7.82. The molecular formula is C28H26N4O3S2. The number of hydrogen-bond acceptors (Lipinski definition) is 7. The highest BCUT2D eigenvalue weighted by Gasteiger charge is 2.23. The summed E-state index contributed by atoms with van der Waals surface area (Å²) in [6.45, 7) is 0. The fourth-order valence-corrected chi connectivity index (χ4v) is 6.38. The van der Waals surface area contributed by atoms with Crippen molar-refractivity contribution >= 4 is 51.5 Å². The predicted octanol–water partition coefficient (Wildman–Crippen LogP) is 5.24. The topological polar surface area (TPSA) is 85.6 Å². The van der Waals surface area contributed by atoms with Crippen LogP contribution in [0.4, 0.5) is 0 Å². The molecule has 1 N–H and O–H groups in total. The zero-order valence-corrected chi connectivity index (χ0v) is 22.0. The molecule has 0 aliphatic heterocycles. The second-order valence-electron chi connectivity index (χ2n) is 8.50. The summed E-state index contributed by atoms with van der Waals surface area (Å²) >= 11 is 2.82. The van der Waals surface area contributed by atoms with Crippen molar-refractivity contribution in [1.29, 1.82) is 0 Å². The van der Waals surface area contributed by atoms with Crippen LogP contribution >= 0.6 is 23.1 Å². The summed E-state index contributed by atoms with van der Waals surface area (Å²) in [5, 5.41) is 5.17. The fraction of sp³-hybridized carbons (Fsp3) is 0.214. The number of hydrazone groups is 1. The van der Waals surface area contributed by atoms with Crippen LogP contribution < -0.4 is 15.7 Å². The molecule has 37 heavy (non-hydrogen) atoms. The molecule has 2 aromatic heterocycles. The number of thioether (sulfide) groups is 1. The van der Waals surface area contributed by atoms with Crippen molar-refractivity contribution in [3.05, 3.63) is 87.0 Å². The molecule has 5 rings (SSSR count). The Balaban J connectivity index is 1.38. The molecule has 1 aliphatic carbocycles. The van der Waals surface area contributed by atoms with Gasteiger partial charge in [0.15, 0.2) is 5.16 Å². The minimum atomic E-state index is -0.282. The highest BCUT2D eigenvalue weighted by molar-refractivity contribution is 7.99. The third-order valence-electron chi connectivity index (χ3n) is 6.06. The van der Waals surface area contributed by atoms with E-state index in [0.717, 1.165) is 41.6 Å². The van der Waals surface area contributed by atoms with E-state index in [9.17, 15) is 9.59 Å². The van der Waals surface area contributed by atoms with Crippen molar-refractivity contribution in [2.24, 2.45) is 5.10 Å². The molecule has 1 amide bonds. The molecule has 0 unspecified atom stereocenters. The average Bonchev–Trinajstić information content (AvgIpc) is 3.31. The van der Waals surface area contributed by atoms with Crippen molar-refractivity contribution in [3.63, 3.8) is 0 Å². The Labute approximate surface area is 222 Å². The Hall–Kier alpha value is -3.69. The lowest BCUT2D eigenvalue weighted by atomic mass is 9.97. The van der Waals surface area contributed by atoms with Crippen molar-refractivity contribution in [2.75, 3.05) is 12.9 Å². The Morgan fingerprint density at radius 3 is 2.73 bits per heavy atom. The number of allylic oxidation sites excluding steroid dienone is 1. The van der Waals surface area contributed by atoms with E-state index in [4.69, 9.17) is 9.72 Å². The van der Waals surface area contributed by atoms with E-state index in [-0.39, 0.29) is 17.2 Å². The third-order valence-corrected chi connectivity index (χ3v) is 8.18. The van der Waals surface area contributed by atoms with Gasteiger partial charge in [0.25, 0.3) is 11.5 Å². The number of thiophene rings is 1. The van der Waals surface area contributed by atoms with Gasteiger partial charge >= 0.3 is 0 Å². The number of carbonyl (C=O) groups excluding carboxylic acids is 1. The second kappa shape index (κ2) is 11.6. The molecule has 0 saturated carbocycles. The number of nitrogens with zero attached hydrogens (tertiary/aromatic N) is 3. The van der Waals surface area contributed by atoms with Gasteiger partial charge in [-0.25, -0.2) is 10.4 Å². The number of carbonyl (C=O) groups is 1. The van der Waals surface area contributed by atoms with Crippen LogP contribution in [0.2, 0.25) is 0 Å². The maximum absolute atomic E-state index is 13.8. The van der Waals surface area contributed by atoms with E-state index in [1.165, 1.54) is 22.9 Å². The molecule has 4 aromatic rings. The molecule has 0 radical (unpaired) electrons. The van der Waals surface area contributed by atoms with E-state index in [1.807, 2.05) is 60.7 Å². The molecule has 1 aliphatic rings. The van der Waals surface area contributed by atoms with Gasteiger partial charge in [-0.15, -0.1) is 11.3 Å². The highest BCUT2D eigenvalue weighted by Crippen LogP contribution is 2.35. The Morgan fingerprint density at radius 1 is 1.16 bits per heavy atom. The number of methoxy groups -OCH3 is 1. The number of hydrogen-bond donors (Lipinski definition) is 1. The lowest BCUT2D eigenvalue weighted by Crippen LogP contribution is -2.24. The van der Waals surface area contributed by atoms with Crippen LogP contribution in [0, 0.1) is 0 Å². The zero-order chi connectivity index (χ0) is 25.6. The van der Waals surface area contributed by atoms with Crippen molar-refractivity contribution < 1.29 is 9.53 Å². The lowest BCUT2D eigenvalue weighted by Gasteiger charge is -2.14. The van der Waals surface area contributed by atoms with Gasteiger partial charge < -0.3 is 4.74 Å². The van der Waals surface area contributed by atoms with Gasteiger partial charge in [0, 0.05) is 11.1 Å². The van der Waals surface area contributed by atoms with Crippen LogP contribution in [-0.4, -0.2) is 34.5 Å².